The first-order valence-corrected chi connectivity index (χ1v) is 8.94. The molecule has 1 aromatic heterocycles. The lowest BCUT2D eigenvalue weighted by molar-refractivity contribution is 0.0671. The Morgan fingerprint density at radius 2 is 1.92 bits per heavy atom. The van der Waals surface area contributed by atoms with Crippen LogP contribution in [0, 0.1) is 0 Å². The smallest absolute Gasteiger partial charge is 0.319 e. The molecular formula is C17H32F2N6. The molecule has 0 saturated heterocycles. The van der Waals surface area contributed by atoms with E-state index in [-0.39, 0.29) is 12.4 Å². The summed E-state index contributed by atoms with van der Waals surface area (Å²) in [5.41, 5.74) is 0. The van der Waals surface area contributed by atoms with Crippen LogP contribution in [0.25, 0.3) is 0 Å². The van der Waals surface area contributed by atoms with Crippen molar-refractivity contribution in [3.05, 3.63) is 18.2 Å². The molecule has 0 spiro atoms. The van der Waals surface area contributed by atoms with Gasteiger partial charge in [0.2, 0.25) is 0 Å². The predicted octanol–water partition coefficient (Wildman–Crippen LogP) is 2.84. The van der Waals surface area contributed by atoms with Crippen molar-refractivity contribution in [1.82, 2.24) is 25.1 Å². The normalized spacial score (nSPS) is 12.7. The molecule has 2 N–H and O–H groups in total. The van der Waals surface area contributed by atoms with E-state index in [1.807, 2.05) is 6.92 Å². The molecule has 0 unspecified atom stereocenters. The van der Waals surface area contributed by atoms with E-state index in [0.717, 1.165) is 24.1 Å². The average Bonchev–Trinajstić information content (AvgIpc) is 3.00. The van der Waals surface area contributed by atoms with E-state index >= 15 is 0 Å². The summed E-state index contributed by atoms with van der Waals surface area (Å²) in [6.07, 6.45) is 3.61. The first-order chi connectivity index (χ1) is 11.9. The predicted molar refractivity (Wildman–Crippen MR) is 97.9 cm³/mol. The third-order valence-electron chi connectivity index (χ3n) is 3.89. The second-order valence-electron chi connectivity index (χ2n) is 6.43. The minimum absolute atomic E-state index is 0.108. The number of nitrogens with zero attached hydrogens (tertiary/aromatic N) is 4. The quantitative estimate of drug-likeness (QED) is 0.384. The van der Waals surface area contributed by atoms with Gasteiger partial charge in [-0.25, -0.2) is 9.98 Å². The topological polar surface area (TPSA) is 57.5 Å². The summed E-state index contributed by atoms with van der Waals surface area (Å²) in [6.45, 7) is 10.7. The highest BCUT2D eigenvalue weighted by molar-refractivity contribution is 5.79. The Morgan fingerprint density at radius 3 is 2.48 bits per heavy atom. The Bertz CT molecular complexity index is 505. The van der Waals surface area contributed by atoms with Gasteiger partial charge >= 0.3 is 6.55 Å². The Balaban J connectivity index is 2.52. The maximum absolute atomic E-state index is 12.8. The second-order valence-corrected chi connectivity index (χ2v) is 6.43. The number of hydrogen-bond acceptors (Lipinski definition) is 3. The monoisotopic (exact) mass is 358 g/mol. The fourth-order valence-electron chi connectivity index (χ4n) is 2.72. The van der Waals surface area contributed by atoms with Crippen molar-refractivity contribution < 1.29 is 8.78 Å². The molecular weight excluding hydrogens is 326 g/mol. The van der Waals surface area contributed by atoms with Gasteiger partial charge in [-0.05, 0) is 41.0 Å². The number of nitrogens with one attached hydrogen (secondary N) is 2. The maximum Gasteiger partial charge on any atom is 0.319 e. The third kappa shape index (κ3) is 7.37. The van der Waals surface area contributed by atoms with Crippen LogP contribution in [0.4, 0.5) is 8.78 Å². The molecule has 1 heterocycles. The average molecular weight is 358 g/mol. The fourth-order valence-corrected chi connectivity index (χ4v) is 2.72. The largest absolute Gasteiger partial charge is 0.357 e. The molecule has 1 rings (SSSR count). The molecule has 0 aromatic carbocycles. The van der Waals surface area contributed by atoms with Crippen LogP contribution < -0.4 is 10.6 Å². The number of aromatic nitrogens is 2. The zero-order valence-corrected chi connectivity index (χ0v) is 16.0. The van der Waals surface area contributed by atoms with Crippen LogP contribution in [0.5, 0.6) is 0 Å². The number of aliphatic imine (C=N–C) groups is 1. The van der Waals surface area contributed by atoms with E-state index in [1.54, 1.807) is 0 Å². The lowest BCUT2D eigenvalue weighted by Gasteiger charge is -2.30. The summed E-state index contributed by atoms with van der Waals surface area (Å²) in [6, 6.07) is 1.02. The van der Waals surface area contributed by atoms with Gasteiger partial charge in [-0.3, -0.25) is 9.47 Å². The van der Waals surface area contributed by atoms with E-state index < -0.39 is 6.55 Å². The van der Waals surface area contributed by atoms with E-state index in [1.165, 1.54) is 12.4 Å². The number of alkyl halides is 2. The summed E-state index contributed by atoms with van der Waals surface area (Å²) in [5, 5.41) is 6.38. The van der Waals surface area contributed by atoms with Crippen molar-refractivity contribution in [1.29, 1.82) is 0 Å². The number of halogens is 2. The van der Waals surface area contributed by atoms with Crippen LogP contribution in [-0.2, 0) is 6.54 Å². The molecule has 144 valence electrons. The highest BCUT2D eigenvalue weighted by atomic mass is 19.3. The Morgan fingerprint density at radius 1 is 1.24 bits per heavy atom. The Kier molecular flexibility index (Phi) is 9.41. The van der Waals surface area contributed by atoms with Gasteiger partial charge in [-0.15, -0.1) is 0 Å². The minimum atomic E-state index is -2.60. The lowest BCUT2D eigenvalue weighted by Crippen LogP contribution is -2.41. The molecule has 0 aliphatic rings. The fraction of sp³-hybridized carbons (Fsp3) is 0.765. The molecule has 0 atom stereocenters. The summed E-state index contributed by atoms with van der Waals surface area (Å²) in [5.74, 6) is 0.866. The first-order valence-electron chi connectivity index (χ1n) is 8.94. The second kappa shape index (κ2) is 11.0. The van der Waals surface area contributed by atoms with E-state index in [4.69, 9.17) is 0 Å². The zero-order valence-electron chi connectivity index (χ0n) is 16.0. The van der Waals surface area contributed by atoms with Gasteiger partial charge in [-0.2, -0.15) is 8.78 Å². The van der Waals surface area contributed by atoms with Gasteiger partial charge in [0.25, 0.3) is 0 Å². The molecule has 8 heteroatoms. The van der Waals surface area contributed by atoms with Crippen LogP contribution in [-0.4, -0.2) is 52.1 Å². The highest BCUT2D eigenvalue weighted by Gasteiger charge is 2.13. The molecule has 0 bridgehead atoms. The molecule has 25 heavy (non-hydrogen) atoms. The molecule has 0 aliphatic carbocycles. The van der Waals surface area contributed by atoms with Crippen LogP contribution in [0.2, 0.25) is 0 Å². The van der Waals surface area contributed by atoms with Gasteiger partial charge in [0.1, 0.15) is 12.4 Å². The highest BCUT2D eigenvalue weighted by Crippen LogP contribution is 2.12. The molecule has 0 saturated carbocycles. The molecule has 1 aromatic rings. The van der Waals surface area contributed by atoms with Crippen LogP contribution in [0.1, 0.15) is 53.4 Å². The summed E-state index contributed by atoms with van der Waals surface area (Å²) >= 11 is 0. The van der Waals surface area contributed by atoms with Crippen LogP contribution >= 0.6 is 0 Å². The van der Waals surface area contributed by atoms with Crippen molar-refractivity contribution in [3.8, 4) is 0 Å². The van der Waals surface area contributed by atoms with Gasteiger partial charge in [0.05, 0.1) is 0 Å². The number of imidazole rings is 1. The van der Waals surface area contributed by atoms with Crippen LogP contribution in [0.3, 0.4) is 0 Å². The number of hydrogen-bond donors (Lipinski definition) is 2. The summed E-state index contributed by atoms with van der Waals surface area (Å²) in [7, 11) is 0. The van der Waals surface area contributed by atoms with Crippen molar-refractivity contribution in [3.63, 3.8) is 0 Å². The van der Waals surface area contributed by atoms with Crippen molar-refractivity contribution in [2.24, 2.45) is 4.99 Å². The van der Waals surface area contributed by atoms with E-state index in [9.17, 15) is 8.78 Å². The van der Waals surface area contributed by atoms with Gasteiger partial charge < -0.3 is 10.6 Å². The summed E-state index contributed by atoms with van der Waals surface area (Å²) in [4.78, 5) is 10.7. The molecule has 0 amide bonds. The first kappa shape index (κ1) is 21.3. The Hall–Kier alpha value is -1.70. The van der Waals surface area contributed by atoms with Crippen molar-refractivity contribution in [2.75, 3.05) is 19.6 Å². The minimum Gasteiger partial charge on any atom is -0.357 e. The SMILES string of the molecule is CCNC(=NCc1nccn1C(F)F)NCCCN(C(C)C)C(C)C. The van der Waals surface area contributed by atoms with Gasteiger partial charge in [0, 0.05) is 44.1 Å². The van der Waals surface area contributed by atoms with Gasteiger partial charge in [-0.1, -0.05) is 0 Å². The number of guanidine groups is 1. The maximum atomic E-state index is 12.8. The summed E-state index contributed by atoms with van der Waals surface area (Å²) < 4.78 is 26.5. The van der Waals surface area contributed by atoms with E-state index in [0.29, 0.717) is 24.6 Å². The van der Waals surface area contributed by atoms with Crippen LogP contribution in [0.15, 0.2) is 17.4 Å². The molecule has 0 aliphatic heterocycles. The molecule has 0 fully saturated rings. The van der Waals surface area contributed by atoms with Gasteiger partial charge in [0.15, 0.2) is 5.96 Å². The van der Waals surface area contributed by atoms with Crippen molar-refractivity contribution in [2.45, 2.75) is 66.2 Å². The zero-order chi connectivity index (χ0) is 18.8. The standard InChI is InChI=1S/C17H32F2N6/c1-6-20-17(22-8-7-10-24(13(2)3)14(4)5)23-12-15-21-9-11-25(15)16(18)19/h9,11,13-14,16H,6-8,10,12H2,1-5H3,(H2,20,22,23). The molecule has 0 radical (unpaired) electrons. The lowest BCUT2D eigenvalue weighted by atomic mass is 10.2. The third-order valence-corrected chi connectivity index (χ3v) is 3.89. The molecule has 6 nitrogen and oxygen atoms in total. The Labute approximate surface area is 149 Å². The van der Waals surface area contributed by atoms with E-state index in [2.05, 4.69) is 53.2 Å². The number of rotatable bonds is 10. The van der Waals surface area contributed by atoms with Crippen molar-refractivity contribution >= 4 is 5.96 Å².